The first-order valence-corrected chi connectivity index (χ1v) is 8.59. The molecule has 0 spiro atoms. The number of rotatable bonds is 5. The van der Waals surface area contributed by atoms with Crippen molar-refractivity contribution < 1.29 is 13.9 Å². The van der Waals surface area contributed by atoms with Gasteiger partial charge in [-0.2, -0.15) is 0 Å². The van der Waals surface area contributed by atoms with Gasteiger partial charge in [-0.15, -0.1) is 0 Å². The molecule has 1 aromatic carbocycles. The van der Waals surface area contributed by atoms with Gasteiger partial charge >= 0.3 is 6.03 Å². The third kappa shape index (κ3) is 4.85. The smallest absolute Gasteiger partial charge is 0.320 e. The van der Waals surface area contributed by atoms with Crippen LogP contribution in [0, 0.1) is 11.2 Å². The predicted molar refractivity (Wildman–Crippen MR) is 104 cm³/mol. The number of urea groups is 1. The second-order valence-electron chi connectivity index (χ2n) is 5.80. The minimum absolute atomic E-state index is 0.0141. The molecule has 27 heavy (non-hydrogen) atoms. The molecule has 2 aromatic rings. The highest BCUT2D eigenvalue weighted by Crippen LogP contribution is 2.23. The maximum absolute atomic E-state index is 13.3. The number of halogens is 2. The third-order valence-electron chi connectivity index (χ3n) is 3.92. The number of anilines is 2. The van der Waals surface area contributed by atoms with Gasteiger partial charge in [0.25, 0.3) is 0 Å². The van der Waals surface area contributed by atoms with E-state index in [0.717, 1.165) is 0 Å². The van der Waals surface area contributed by atoms with Crippen LogP contribution in [0.2, 0.25) is 5.02 Å². The van der Waals surface area contributed by atoms with Gasteiger partial charge in [0.05, 0.1) is 29.4 Å². The van der Waals surface area contributed by atoms with Gasteiger partial charge in [-0.05, 0) is 31.0 Å². The Labute approximate surface area is 161 Å². The normalized spacial score (nSPS) is 11.6. The van der Waals surface area contributed by atoms with E-state index in [0.29, 0.717) is 23.2 Å². The second-order valence-corrected chi connectivity index (χ2v) is 6.21. The molecule has 0 radical (unpaired) electrons. The summed E-state index contributed by atoms with van der Waals surface area (Å²) in [6.45, 7) is 3.60. The number of hydrogen-bond donors (Lipinski definition) is 4. The quantitative estimate of drug-likeness (QED) is 0.456. The average Bonchev–Trinajstić information content (AvgIpc) is 2.62. The summed E-state index contributed by atoms with van der Waals surface area (Å²) in [5.74, 6) is -0.362. The summed E-state index contributed by atoms with van der Waals surface area (Å²) in [7, 11) is 1.38. The molecule has 5 N–H and O–H groups in total. The number of pyridine rings is 1. The number of amides is 2. The maximum atomic E-state index is 13.3. The van der Waals surface area contributed by atoms with Crippen molar-refractivity contribution in [2.45, 2.75) is 26.3 Å². The number of nitrogens with zero attached hydrogens (tertiary/aromatic N) is 1. The van der Waals surface area contributed by atoms with Crippen LogP contribution in [0.15, 0.2) is 24.3 Å². The highest BCUT2D eigenvalue weighted by Gasteiger charge is 2.17. The Morgan fingerprint density at radius 3 is 2.74 bits per heavy atom. The van der Waals surface area contributed by atoms with E-state index in [9.17, 15) is 9.18 Å². The standard InChI is InChI=1S/C18H21ClFN5O2/c1-4-14-16(17(22)27-3)13(21)8-15(24-14)25-18(26)23-9(2)10-5-6-12(20)11(19)7-10/h5-9,22H,4H2,1-3H3,(H4,21,23,24,25,26)/t9-/m1/s1. The molecule has 2 amide bonds. The predicted octanol–water partition coefficient (Wildman–Crippen LogP) is 3.87. The molecule has 1 heterocycles. The van der Waals surface area contributed by atoms with Crippen molar-refractivity contribution in [1.82, 2.24) is 10.3 Å². The summed E-state index contributed by atoms with van der Waals surface area (Å²) >= 11 is 5.77. The first kappa shape index (κ1) is 20.4. The number of methoxy groups -OCH3 is 1. The van der Waals surface area contributed by atoms with Crippen molar-refractivity contribution in [3.63, 3.8) is 0 Å². The van der Waals surface area contributed by atoms with E-state index < -0.39 is 17.9 Å². The number of nitrogens with two attached hydrogens (primary N) is 1. The van der Waals surface area contributed by atoms with E-state index in [2.05, 4.69) is 15.6 Å². The van der Waals surface area contributed by atoms with Crippen molar-refractivity contribution in [3.05, 3.63) is 51.9 Å². The summed E-state index contributed by atoms with van der Waals surface area (Å²) in [6.07, 6.45) is 0.507. The summed E-state index contributed by atoms with van der Waals surface area (Å²) in [6, 6.07) is 4.79. The molecule has 0 saturated heterocycles. The van der Waals surface area contributed by atoms with Gasteiger partial charge < -0.3 is 15.8 Å². The Hall–Kier alpha value is -2.87. The molecule has 0 bridgehead atoms. The summed E-state index contributed by atoms with van der Waals surface area (Å²) in [4.78, 5) is 16.6. The van der Waals surface area contributed by atoms with Gasteiger partial charge in [0.2, 0.25) is 5.90 Å². The molecule has 0 aliphatic heterocycles. The zero-order valence-electron chi connectivity index (χ0n) is 15.2. The van der Waals surface area contributed by atoms with Crippen molar-refractivity contribution in [2.75, 3.05) is 18.2 Å². The van der Waals surface area contributed by atoms with Gasteiger partial charge in [0.1, 0.15) is 11.6 Å². The fourth-order valence-electron chi connectivity index (χ4n) is 2.52. The number of ether oxygens (including phenoxy) is 1. The highest BCUT2D eigenvalue weighted by atomic mass is 35.5. The first-order valence-electron chi connectivity index (χ1n) is 8.21. The summed E-state index contributed by atoms with van der Waals surface area (Å²) < 4.78 is 18.2. The molecule has 0 saturated carbocycles. The van der Waals surface area contributed by atoms with Gasteiger partial charge in [0, 0.05) is 11.8 Å². The van der Waals surface area contributed by atoms with E-state index in [4.69, 9.17) is 27.5 Å². The second kappa shape index (κ2) is 8.68. The van der Waals surface area contributed by atoms with Gasteiger partial charge in [-0.3, -0.25) is 10.7 Å². The third-order valence-corrected chi connectivity index (χ3v) is 4.21. The lowest BCUT2D eigenvalue weighted by Crippen LogP contribution is -2.31. The maximum Gasteiger partial charge on any atom is 0.320 e. The molecule has 1 atom stereocenters. The van der Waals surface area contributed by atoms with E-state index in [1.807, 2.05) is 6.92 Å². The Kier molecular flexibility index (Phi) is 6.57. The van der Waals surface area contributed by atoms with Crippen molar-refractivity contribution in [3.8, 4) is 0 Å². The lowest BCUT2D eigenvalue weighted by molar-refractivity contribution is 0.249. The van der Waals surface area contributed by atoms with Crippen LogP contribution in [0.25, 0.3) is 0 Å². The number of carbonyl (C=O) groups is 1. The van der Waals surface area contributed by atoms with Crippen LogP contribution in [-0.2, 0) is 11.2 Å². The molecule has 7 nitrogen and oxygen atoms in total. The zero-order chi connectivity index (χ0) is 20.1. The van der Waals surface area contributed by atoms with Crippen LogP contribution in [0.5, 0.6) is 0 Å². The van der Waals surface area contributed by atoms with Crippen LogP contribution in [0.1, 0.15) is 36.7 Å². The van der Waals surface area contributed by atoms with Gasteiger partial charge in [-0.1, -0.05) is 24.6 Å². The monoisotopic (exact) mass is 393 g/mol. The molecule has 144 valence electrons. The van der Waals surface area contributed by atoms with Crippen LogP contribution in [0.4, 0.5) is 20.7 Å². The topological polar surface area (TPSA) is 113 Å². The fraction of sp³-hybridized carbons (Fsp3) is 0.278. The number of benzene rings is 1. The summed E-state index contributed by atoms with van der Waals surface area (Å²) in [5.41, 5.74) is 7.87. The Bertz CT molecular complexity index is 875. The average molecular weight is 394 g/mol. The number of nitrogen functional groups attached to an aromatic ring is 1. The van der Waals surface area contributed by atoms with Crippen molar-refractivity contribution >= 4 is 35.0 Å². The van der Waals surface area contributed by atoms with Crippen molar-refractivity contribution in [1.29, 1.82) is 5.41 Å². The first-order chi connectivity index (χ1) is 12.8. The Balaban J connectivity index is 2.14. The largest absolute Gasteiger partial charge is 0.481 e. The molecular weight excluding hydrogens is 373 g/mol. The lowest BCUT2D eigenvalue weighted by Gasteiger charge is -2.17. The number of aromatic nitrogens is 1. The van der Waals surface area contributed by atoms with Gasteiger partial charge in [-0.25, -0.2) is 14.2 Å². The molecule has 1 aromatic heterocycles. The van der Waals surface area contributed by atoms with Crippen molar-refractivity contribution in [2.24, 2.45) is 0 Å². The minimum atomic E-state index is -0.523. The molecular formula is C18H21ClFN5O2. The molecule has 0 aliphatic carbocycles. The van der Waals surface area contributed by atoms with Crippen LogP contribution < -0.4 is 16.4 Å². The van der Waals surface area contributed by atoms with E-state index in [1.54, 1.807) is 13.0 Å². The zero-order valence-corrected chi connectivity index (χ0v) is 15.9. The van der Waals surface area contributed by atoms with E-state index in [-0.39, 0.29) is 22.4 Å². The lowest BCUT2D eigenvalue weighted by atomic mass is 10.1. The molecule has 2 rings (SSSR count). The molecule has 0 fully saturated rings. The molecule has 0 unspecified atom stereocenters. The number of aryl methyl sites for hydroxylation is 1. The SMILES string of the molecule is CCc1nc(NC(=O)N[C@H](C)c2ccc(F)c(Cl)c2)cc(N)c1C(=N)OC. The molecule has 9 heteroatoms. The Morgan fingerprint density at radius 1 is 1.44 bits per heavy atom. The number of carbonyl (C=O) groups excluding carboxylic acids is 1. The fourth-order valence-corrected chi connectivity index (χ4v) is 2.71. The van der Waals surface area contributed by atoms with Crippen LogP contribution in [0.3, 0.4) is 0 Å². The highest BCUT2D eigenvalue weighted by molar-refractivity contribution is 6.30. The van der Waals surface area contributed by atoms with Gasteiger partial charge in [0.15, 0.2) is 0 Å². The van der Waals surface area contributed by atoms with Crippen LogP contribution in [-0.4, -0.2) is 24.0 Å². The molecule has 0 aliphatic rings. The Morgan fingerprint density at radius 2 is 2.15 bits per heavy atom. The van der Waals surface area contributed by atoms with E-state index in [1.165, 1.54) is 25.3 Å². The van der Waals surface area contributed by atoms with E-state index >= 15 is 0 Å². The number of hydrogen-bond acceptors (Lipinski definition) is 5. The minimum Gasteiger partial charge on any atom is -0.481 e. The van der Waals surface area contributed by atoms with Crippen LogP contribution >= 0.6 is 11.6 Å². The number of nitrogens with one attached hydrogen (secondary N) is 3. The summed E-state index contributed by atoms with van der Waals surface area (Å²) in [5, 5.41) is 13.1.